The minimum absolute atomic E-state index is 0.0243. The van der Waals surface area contributed by atoms with E-state index in [0.717, 1.165) is 36.7 Å². The van der Waals surface area contributed by atoms with Gasteiger partial charge in [0, 0.05) is 24.7 Å². The highest BCUT2D eigenvalue weighted by Gasteiger charge is 2.27. The lowest BCUT2D eigenvalue weighted by molar-refractivity contribution is -0.120. The van der Waals surface area contributed by atoms with Crippen molar-refractivity contribution in [2.45, 2.75) is 19.8 Å². The fraction of sp³-hybridized carbons (Fsp3) is 0.400. The molecule has 1 fully saturated rings. The molecule has 4 heterocycles. The van der Waals surface area contributed by atoms with Gasteiger partial charge in [-0.3, -0.25) is 4.79 Å². The lowest BCUT2D eigenvalue weighted by atomic mass is 9.97. The molecule has 0 bridgehead atoms. The highest BCUT2D eigenvalue weighted by molar-refractivity contribution is 7.13. The summed E-state index contributed by atoms with van der Waals surface area (Å²) in [4.78, 5) is 18.7. The Hall–Kier alpha value is -2.55. The summed E-state index contributed by atoms with van der Waals surface area (Å²) >= 11 is 1.43. The van der Waals surface area contributed by atoms with Gasteiger partial charge >= 0.3 is 0 Å². The highest BCUT2D eigenvalue weighted by atomic mass is 32.1. The van der Waals surface area contributed by atoms with Crippen molar-refractivity contribution in [1.82, 2.24) is 24.8 Å². The second kappa shape index (κ2) is 6.16. The normalized spacial score (nSPS) is 18.0. The van der Waals surface area contributed by atoms with Crippen molar-refractivity contribution < 1.29 is 4.79 Å². The molecule has 3 aromatic rings. The van der Waals surface area contributed by atoms with Gasteiger partial charge in [-0.05, 0) is 31.9 Å². The van der Waals surface area contributed by atoms with Crippen LogP contribution in [0.1, 0.15) is 18.7 Å². The van der Waals surface area contributed by atoms with Gasteiger partial charge in [0.15, 0.2) is 16.6 Å². The van der Waals surface area contributed by atoms with Crippen LogP contribution in [0.2, 0.25) is 0 Å². The van der Waals surface area contributed by atoms with Crippen LogP contribution in [0.5, 0.6) is 0 Å². The smallest absolute Gasteiger partial charge is 0.231 e. The van der Waals surface area contributed by atoms with Gasteiger partial charge in [-0.25, -0.2) is 4.98 Å². The number of hydrogen-bond donors (Lipinski definition) is 1. The van der Waals surface area contributed by atoms with Crippen molar-refractivity contribution in [1.29, 1.82) is 0 Å². The van der Waals surface area contributed by atoms with Crippen molar-refractivity contribution in [3.63, 3.8) is 0 Å². The van der Waals surface area contributed by atoms with Crippen molar-refractivity contribution in [2.24, 2.45) is 5.92 Å². The Balaban J connectivity index is 1.51. The van der Waals surface area contributed by atoms with Crippen molar-refractivity contribution in [3.8, 4) is 0 Å². The average molecular weight is 343 g/mol. The largest absolute Gasteiger partial charge is 0.354 e. The third-order valence-corrected chi connectivity index (χ3v) is 4.87. The summed E-state index contributed by atoms with van der Waals surface area (Å²) in [6, 6.07) is 3.84. The maximum atomic E-state index is 12.5. The molecule has 0 aromatic carbocycles. The number of aryl methyl sites for hydroxylation is 1. The van der Waals surface area contributed by atoms with E-state index in [1.165, 1.54) is 11.3 Å². The van der Waals surface area contributed by atoms with E-state index < -0.39 is 0 Å². The fourth-order valence-corrected chi connectivity index (χ4v) is 3.48. The first-order valence-corrected chi connectivity index (χ1v) is 8.73. The number of rotatable bonds is 3. The Kier molecular flexibility index (Phi) is 3.85. The van der Waals surface area contributed by atoms with Gasteiger partial charge in [0.05, 0.1) is 5.92 Å². The summed E-state index contributed by atoms with van der Waals surface area (Å²) in [5, 5.41) is 18.1. The van der Waals surface area contributed by atoms with Crippen LogP contribution in [0, 0.1) is 12.8 Å². The first-order valence-electron chi connectivity index (χ1n) is 7.85. The summed E-state index contributed by atoms with van der Waals surface area (Å²) in [6.45, 7) is 3.41. The summed E-state index contributed by atoms with van der Waals surface area (Å²) in [5.74, 6) is 1.55. The van der Waals surface area contributed by atoms with Crippen LogP contribution < -0.4 is 10.2 Å². The van der Waals surface area contributed by atoms with Gasteiger partial charge in [0.1, 0.15) is 5.82 Å². The number of carbonyl (C=O) groups excluding carboxylic acids is 1. The quantitative estimate of drug-likeness (QED) is 0.779. The second-order valence-electron chi connectivity index (χ2n) is 5.82. The van der Waals surface area contributed by atoms with Gasteiger partial charge in [-0.15, -0.1) is 26.6 Å². The zero-order valence-electron chi connectivity index (χ0n) is 13.2. The van der Waals surface area contributed by atoms with Gasteiger partial charge < -0.3 is 10.2 Å². The molecule has 0 saturated carbocycles. The molecule has 8 nitrogen and oxygen atoms in total. The van der Waals surface area contributed by atoms with Gasteiger partial charge in [0.25, 0.3) is 0 Å². The number of carbonyl (C=O) groups is 1. The predicted octanol–water partition coefficient (Wildman–Crippen LogP) is 1.74. The van der Waals surface area contributed by atoms with E-state index in [2.05, 4.69) is 30.5 Å². The highest BCUT2D eigenvalue weighted by Crippen LogP contribution is 2.23. The monoisotopic (exact) mass is 343 g/mol. The molecule has 9 heteroatoms. The number of aromatic nitrogens is 5. The van der Waals surface area contributed by atoms with Crippen LogP contribution in [0.15, 0.2) is 23.7 Å². The standard InChI is InChI=1S/C15H17N7OS/c1-10-18-19-12-4-5-13(20-22(10)12)21-7-2-3-11(9-21)14(23)17-15-16-6-8-24-15/h4-6,8,11H,2-3,7,9H2,1H3,(H,16,17,23)/t11-/m1/s1. The first-order chi connectivity index (χ1) is 11.7. The summed E-state index contributed by atoms with van der Waals surface area (Å²) in [7, 11) is 0. The van der Waals surface area contributed by atoms with Crippen LogP contribution in [-0.2, 0) is 4.79 Å². The Morgan fingerprint density at radius 2 is 2.29 bits per heavy atom. The topological polar surface area (TPSA) is 88.3 Å². The number of nitrogens with zero attached hydrogens (tertiary/aromatic N) is 6. The van der Waals surface area contributed by atoms with Crippen molar-refractivity contribution in [2.75, 3.05) is 23.3 Å². The molecule has 1 aliphatic rings. The Labute approximate surface area is 142 Å². The Bertz CT molecular complexity index is 860. The fourth-order valence-electron chi connectivity index (χ4n) is 2.95. The molecule has 1 N–H and O–H groups in total. The van der Waals surface area contributed by atoms with E-state index in [9.17, 15) is 4.79 Å². The van der Waals surface area contributed by atoms with E-state index in [1.54, 1.807) is 10.7 Å². The number of fused-ring (bicyclic) bond motifs is 1. The third-order valence-electron chi connectivity index (χ3n) is 4.18. The van der Waals surface area contributed by atoms with Crippen LogP contribution in [0.25, 0.3) is 5.65 Å². The summed E-state index contributed by atoms with van der Waals surface area (Å²) in [6.07, 6.45) is 3.52. The van der Waals surface area contributed by atoms with E-state index in [-0.39, 0.29) is 11.8 Å². The molecular weight excluding hydrogens is 326 g/mol. The van der Waals surface area contributed by atoms with Gasteiger partial charge in [-0.1, -0.05) is 0 Å². The van der Waals surface area contributed by atoms with E-state index in [4.69, 9.17) is 0 Å². The second-order valence-corrected chi connectivity index (χ2v) is 6.71. The summed E-state index contributed by atoms with van der Waals surface area (Å²) in [5.41, 5.74) is 0.728. The number of amides is 1. The third kappa shape index (κ3) is 2.82. The van der Waals surface area contributed by atoms with E-state index in [1.807, 2.05) is 24.4 Å². The van der Waals surface area contributed by atoms with E-state index in [0.29, 0.717) is 11.7 Å². The minimum Gasteiger partial charge on any atom is -0.354 e. The van der Waals surface area contributed by atoms with Crippen LogP contribution >= 0.6 is 11.3 Å². The molecule has 1 atom stereocenters. The molecule has 3 aromatic heterocycles. The Morgan fingerprint density at radius 1 is 1.38 bits per heavy atom. The van der Waals surface area contributed by atoms with Crippen LogP contribution in [0.4, 0.5) is 10.9 Å². The van der Waals surface area contributed by atoms with Crippen LogP contribution in [0.3, 0.4) is 0 Å². The maximum absolute atomic E-state index is 12.5. The van der Waals surface area contributed by atoms with Crippen LogP contribution in [-0.4, -0.2) is 43.8 Å². The van der Waals surface area contributed by atoms with Crippen molar-refractivity contribution in [3.05, 3.63) is 29.5 Å². The molecule has 24 heavy (non-hydrogen) atoms. The minimum atomic E-state index is -0.0674. The molecule has 4 rings (SSSR count). The predicted molar refractivity (Wildman–Crippen MR) is 91.2 cm³/mol. The lowest BCUT2D eigenvalue weighted by Gasteiger charge is -2.32. The molecular formula is C15H17N7OS. The number of hydrogen-bond acceptors (Lipinski definition) is 7. The molecule has 0 unspecified atom stereocenters. The molecule has 0 spiro atoms. The number of piperidine rings is 1. The number of anilines is 2. The lowest BCUT2D eigenvalue weighted by Crippen LogP contribution is -2.41. The molecule has 1 amide bonds. The first kappa shape index (κ1) is 15.0. The SMILES string of the molecule is Cc1nnc2ccc(N3CCC[C@@H](C(=O)Nc4nccs4)C3)nn12. The number of thiazole rings is 1. The van der Waals surface area contributed by atoms with Gasteiger partial charge in [0.2, 0.25) is 5.91 Å². The number of nitrogens with one attached hydrogen (secondary N) is 1. The summed E-state index contributed by atoms with van der Waals surface area (Å²) < 4.78 is 1.73. The van der Waals surface area contributed by atoms with Crippen molar-refractivity contribution >= 4 is 33.8 Å². The molecule has 0 aliphatic carbocycles. The average Bonchev–Trinajstić information content (AvgIpc) is 3.25. The zero-order valence-corrected chi connectivity index (χ0v) is 14.0. The van der Waals surface area contributed by atoms with E-state index >= 15 is 0 Å². The van der Waals surface area contributed by atoms with Gasteiger partial charge in [-0.2, -0.15) is 4.52 Å². The molecule has 124 valence electrons. The maximum Gasteiger partial charge on any atom is 0.231 e. The zero-order chi connectivity index (χ0) is 16.5. The molecule has 1 saturated heterocycles. The molecule has 0 radical (unpaired) electrons. The Morgan fingerprint density at radius 3 is 3.12 bits per heavy atom. The molecule has 1 aliphatic heterocycles.